The van der Waals surface area contributed by atoms with E-state index < -0.39 is 0 Å². The molecule has 0 saturated carbocycles. The molecule has 1 aromatic carbocycles. The maximum absolute atomic E-state index is 12.6. The standard InChI is InChI=1S/C19H27NO3/c1-19(2,3)13-11-14-5-6-15(12-13)20(14)18(21)23-17-9-7-16(22-4)8-10-17/h7-10,13-15H,5-6,11-12H2,1-4H3. The highest BCUT2D eigenvalue weighted by atomic mass is 16.6. The molecule has 2 aliphatic rings. The fourth-order valence-corrected chi connectivity index (χ4v) is 3.98. The van der Waals surface area contributed by atoms with Crippen LogP contribution in [0.5, 0.6) is 11.5 Å². The maximum Gasteiger partial charge on any atom is 0.415 e. The molecule has 2 aliphatic heterocycles. The quantitative estimate of drug-likeness (QED) is 0.807. The van der Waals surface area contributed by atoms with Crippen molar-refractivity contribution < 1.29 is 14.3 Å². The summed E-state index contributed by atoms with van der Waals surface area (Å²) in [7, 11) is 1.62. The minimum absolute atomic E-state index is 0.199. The van der Waals surface area contributed by atoms with Crippen LogP contribution in [0.4, 0.5) is 4.79 Å². The van der Waals surface area contributed by atoms with E-state index >= 15 is 0 Å². The number of rotatable bonds is 2. The van der Waals surface area contributed by atoms with Gasteiger partial charge in [-0.05, 0) is 61.3 Å². The van der Waals surface area contributed by atoms with E-state index in [0.29, 0.717) is 29.2 Å². The minimum atomic E-state index is -0.199. The Hall–Kier alpha value is -1.71. The normalized spacial score (nSPS) is 27.0. The molecule has 0 spiro atoms. The Morgan fingerprint density at radius 1 is 1.04 bits per heavy atom. The molecule has 1 aromatic rings. The molecule has 4 nitrogen and oxygen atoms in total. The van der Waals surface area contributed by atoms with Crippen LogP contribution in [0, 0.1) is 11.3 Å². The van der Waals surface area contributed by atoms with E-state index in [1.165, 1.54) is 0 Å². The Bertz CT molecular complexity index is 547. The number of benzene rings is 1. The summed E-state index contributed by atoms with van der Waals surface area (Å²) in [6, 6.07) is 7.85. The van der Waals surface area contributed by atoms with Crippen molar-refractivity contribution in [1.29, 1.82) is 0 Å². The van der Waals surface area contributed by atoms with Crippen LogP contribution in [-0.4, -0.2) is 30.2 Å². The topological polar surface area (TPSA) is 38.8 Å². The highest BCUT2D eigenvalue weighted by Crippen LogP contribution is 2.45. The first-order valence-electron chi connectivity index (χ1n) is 8.52. The molecule has 2 saturated heterocycles. The zero-order valence-corrected chi connectivity index (χ0v) is 14.5. The van der Waals surface area contributed by atoms with Gasteiger partial charge in [0.1, 0.15) is 11.5 Å². The van der Waals surface area contributed by atoms with E-state index in [0.717, 1.165) is 31.4 Å². The second-order valence-corrected chi connectivity index (χ2v) is 7.87. The summed E-state index contributed by atoms with van der Waals surface area (Å²) in [6.45, 7) is 6.92. The molecule has 0 N–H and O–H groups in total. The molecule has 2 fully saturated rings. The van der Waals surface area contributed by atoms with Gasteiger partial charge in [-0.2, -0.15) is 0 Å². The molecule has 2 heterocycles. The summed E-state index contributed by atoms with van der Waals surface area (Å²) in [5.41, 5.74) is 0.312. The van der Waals surface area contributed by atoms with Crippen LogP contribution in [0.2, 0.25) is 0 Å². The second kappa shape index (κ2) is 6.06. The SMILES string of the molecule is COc1ccc(OC(=O)N2C3CCC2CC(C(C)(C)C)C3)cc1. The van der Waals surface area contributed by atoms with E-state index in [4.69, 9.17) is 9.47 Å². The van der Waals surface area contributed by atoms with Gasteiger partial charge in [-0.15, -0.1) is 0 Å². The van der Waals surface area contributed by atoms with E-state index in [9.17, 15) is 4.79 Å². The third kappa shape index (κ3) is 3.31. The van der Waals surface area contributed by atoms with E-state index in [-0.39, 0.29) is 6.09 Å². The average Bonchev–Trinajstić information content (AvgIpc) is 2.77. The predicted molar refractivity (Wildman–Crippen MR) is 89.8 cm³/mol. The first-order chi connectivity index (χ1) is 10.9. The molecule has 4 heteroatoms. The van der Waals surface area contributed by atoms with Crippen LogP contribution in [-0.2, 0) is 0 Å². The molecule has 2 bridgehead atoms. The van der Waals surface area contributed by atoms with E-state index in [1.807, 2.05) is 17.0 Å². The lowest BCUT2D eigenvalue weighted by Crippen LogP contribution is -2.49. The Kier molecular flexibility index (Phi) is 4.26. The molecule has 23 heavy (non-hydrogen) atoms. The number of carbonyl (C=O) groups excluding carboxylic acids is 1. The predicted octanol–water partition coefficient (Wildman–Crippen LogP) is 4.48. The van der Waals surface area contributed by atoms with Crippen LogP contribution >= 0.6 is 0 Å². The van der Waals surface area contributed by atoms with Gasteiger partial charge in [0.05, 0.1) is 7.11 Å². The molecule has 126 valence electrons. The number of ether oxygens (including phenoxy) is 2. The minimum Gasteiger partial charge on any atom is -0.497 e. The Labute approximate surface area is 138 Å². The summed E-state index contributed by atoms with van der Waals surface area (Å²) in [6.07, 6.45) is 4.20. The van der Waals surface area contributed by atoms with Gasteiger partial charge in [0.2, 0.25) is 0 Å². The van der Waals surface area contributed by atoms with Crippen LogP contribution in [0.3, 0.4) is 0 Å². The number of nitrogens with zero attached hydrogens (tertiary/aromatic N) is 1. The van der Waals surface area contributed by atoms with E-state index in [1.54, 1.807) is 19.2 Å². The van der Waals surface area contributed by atoms with Crippen molar-refractivity contribution in [3.63, 3.8) is 0 Å². The molecular weight excluding hydrogens is 290 g/mol. The summed E-state index contributed by atoms with van der Waals surface area (Å²) in [5, 5.41) is 0. The first-order valence-corrected chi connectivity index (χ1v) is 8.52. The second-order valence-electron chi connectivity index (χ2n) is 7.87. The van der Waals surface area contributed by atoms with Crippen molar-refractivity contribution in [1.82, 2.24) is 4.90 Å². The lowest BCUT2D eigenvalue weighted by atomic mass is 9.73. The van der Waals surface area contributed by atoms with Crippen molar-refractivity contribution >= 4 is 6.09 Å². The molecule has 0 radical (unpaired) electrons. The van der Waals surface area contributed by atoms with Gasteiger partial charge in [0.25, 0.3) is 0 Å². The van der Waals surface area contributed by atoms with Crippen molar-refractivity contribution in [2.24, 2.45) is 11.3 Å². The zero-order valence-electron chi connectivity index (χ0n) is 14.5. The molecule has 3 rings (SSSR count). The van der Waals surface area contributed by atoms with Crippen molar-refractivity contribution in [3.05, 3.63) is 24.3 Å². The van der Waals surface area contributed by atoms with Crippen molar-refractivity contribution in [2.75, 3.05) is 7.11 Å². The number of hydrogen-bond donors (Lipinski definition) is 0. The Balaban J connectivity index is 1.66. The first kappa shape index (κ1) is 16.2. The highest BCUT2D eigenvalue weighted by Gasteiger charge is 2.46. The van der Waals surface area contributed by atoms with Crippen LogP contribution in [0.15, 0.2) is 24.3 Å². The maximum atomic E-state index is 12.6. The molecule has 0 aromatic heterocycles. The Morgan fingerprint density at radius 2 is 1.57 bits per heavy atom. The average molecular weight is 317 g/mol. The Morgan fingerprint density at radius 3 is 2.04 bits per heavy atom. The molecule has 2 unspecified atom stereocenters. The van der Waals surface area contributed by atoms with Gasteiger partial charge in [0, 0.05) is 12.1 Å². The molecule has 2 atom stereocenters. The molecular formula is C19H27NO3. The number of fused-ring (bicyclic) bond motifs is 2. The van der Waals surface area contributed by atoms with Gasteiger partial charge in [-0.1, -0.05) is 20.8 Å². The van der Waals surface area contributed by atoms with Gasteiger partial charge >= 0.3 is 6.09 Å². The summed E-state index contributed by atoms with van der Waals surface area (Å²) >= 11 is 0. The fraction of sp³-hybridized carbons (Fsp3) is 0.632. The smallest absolute Gasteiger partial charge is 0.415 e. The van der Waals surface area contributed by atoms with Gasteiger partial charge < -0.3 is 14.4 Å². The van der Waals surface area contributed by atoms with Gasteiger partial charge in [0.15, 0.2) is 0 Å². The van der Waals surface area contributed by atoms with Gasteiger partial charge in [-0.25, -0.2) is 4.79 Å². The van der Waals surface area contributed by atoms with Crippen LogP contribution in [0.1, 0.15) is 46.5 Å². The van der Waals surface area contributed by atoms with Crippen LogP contribution < -0.4 is 9.47 Å². The van der Waals surface area contributed by atoms with Crippen molar-refractivity contribution in [3.8, 4) is 11.5 Å². The number of amides is 1. The van der Waals surface area contributed by atoms with Gasteiger partial charge in [-0.3, -0.25) is 0 Å². The lowest BCUT2D eigenvalue weighted by molar-refractivity contribution is 0.0568. The third-order valence-corrected chi connectivity index (χ3v) is 5.43. The monoisotopic (exact) mass is 317 g/mol. The number of piperidine rings is 1. The zero-order chi connectivity index (χ0) is 16.6. The van der Waals surface area contributed by atoms with E-state index in [2.05, 4.69) is 20.8 Å². The highest BCUT2D eigenvalue weighted by molar-refractivity contribution is 5.72. The molecule has 0 aliphatic carbocycles. The third-order valence-electron chi connectivity index (χ3n) is 5.43. The number of hydrogen-bond acceptors (Lipinski definition) is 3. The van der Waals surface area contributed by atoms with Crippen molar-refractivity contribution in [2.45, 2.75) is 58.5 Å². The summed E-state index contributed by atoms with van der Waals surface area (Å²) in [4.78, 5) is 14.6. The fourth-order valence-electron chi connectivity index (χ4n) is 3.98. The number of carbonyl (C=O) groups is 1. The summed E-state index contributed by atoms with van der Waals surface area (Å²) < 4.78 is 10.7. The largest absolute Gasteiger partial charge is 0.497 e. The summed E-state index contributed by atoms with van der Waals surface area (Å²) in [5.74, 6) is 2.02. The molecule has 1 amide bonds. The van der Waals surface area contributed by atoms with Crippen LogP contribution in [0.25, 0.3) is 0 Å². The lowest BCUT2D eigenvalue weighted by Gasteiger charge is -2.43. The number of methoxy groups -OCH3 is 1.